The summed E-state index contributed by atoms with van der Waals surface area (Å²) in [5.41, 5.74) is 5.15. The second kappa shape index (κ2) is 26.6. The third-order valence-corrected chi connectivity index (χ3v) is 13.9. The Kier molecular flexibility index (Phi) is 19.5. The van der Waals surface area contributed by atoms with E-state index in [-0.39, 0.29) is 22.3 Å². The molecule has 5 aromatic rings. The summed E-state index contributed by atoms with van der Waals surface area (Å²) in [6.45, 7) is 16.8. The third-order valence-electron chi connectivity index (χ3n) is 12.8. The normalized spacial score (nSPS) is 16.2. The number of unbranched alkanes of at least 4 members (excludes halogenated alkanes) is 4. The van der Waals surface area contributed by atoms with Crippen molar-refractivity contribution in [1.82, 2.24) is 0 Å². The van der Waals surface area contributed by atoms with Gasteiger partial charge in [0.15, 0.2) is 5.56 Å². The van der Waals surface area contributed by atoms with Crippen LogP contribution in [-0.2, 0) is 23.7 Å². The summed E-state index contributed by atoms with van der Waals surface area (Å²) in [5, 5.41) is 3.52. The van der Waals surface area contributed by atoms with Crippen molar-refractivity contribution in [2.75, 3.05) is 84.6 Å². The number of nitrogens with one attached hydrogen (secondary N) is 1. The minimum Gasteiger partial charge on any atom is -0.494 e. The standard InChI is InChI=1S/C59H71NO12S/c1-42(2)51-35-50(71-55(61)44-14-21-49(22-15-44)69-32-10-8-28-63-36-58(3)38-65-39-58)25-26-53(51)72-56(62)45-16-23-48(24-17-45)68-31-7-5-6-30-67-47-19-12-43(13-20-47)46-18-27-54-52(34-46)60-57(73-54)70-33-11-9-29-64-37-59(4)40-66-41-59/h12-27,34-35,42,57,60H,5-11,28-33,36-41H2,1-4H3. The molecular formula is C59H71NO12S. The molecule has 1 N–H and O–H groups in total. The van der Waals surface area contributed by atoms with Gasteiger partial charge in [-0.15, -0.1) is 0 Å². The fourth-order valence-electron chi connectivity index (χ4n) is 8.31. The van der Waals surface area contributed by atoms with E-state index in [2.05, 4.69) is 49.5 Å². The Labute approximate surface area is 434 Å². The molecule has 0 amide bonds. The maximum atomic E-state index is 13.2. The van der Waals surface area contributed by atoms with Crippen LogP contribution in [0.4, 0.5) is 5.69 Å². The average Bonchev–Trinajstić information content (AvgIpc) is 3.80. The zero-order chi connectivity index (χ0) is 50.9. The number of rotatable bonds is 30. The van der Waals surface area contributed by atoms with Gasteiger partial charge in [-0.3, -0.25) is 0 Å². The Hall–Kier alpha value is -5.61. The van der Waals surface area contributed by atoms with Gasteiger partial charge in [0.2, 0.25) is 0 Å². The number of esters is 2. The van der Waals surface area contributed by atoms with E-state index in [1.807, 2.05) is 26.0 Å². The summed E-state index contributed by atoms with van der Waals surface area (Å²) in [7, 11) is 0. The molecule has 0 radical (unpaired) electrons. The first-order valence-corrected chi connectivity index (χ1v) is 26.6. The Bertz CT molecular complexity index is 2530. The lowest BCUT2D eigenvalue weighted by molar-refractivity contribution is -0.138. The average molecular weight is 1020 g/mol. The van der Waals surface area contributed by atoms with E-state index in [1.165, 1.54) is 4.90 Å². The maximum absolute atomic E-state index is 13.2. The molecule has 14 heteroatoms. The predicted octanol–water partition coefficient (Wildman–Crippen LogP) is 12.4. The molecule has 0 aromatic heterocycles. The molecular weight excluding hydrogens is 947 g/mol. The highest BCUT2D eigenvalue weighted by Gasteiger charge is 2.34. The van der Waals surface area contributed by atoms with Crippen molar-refractivity contribution in [2.45, 2.75) is 89.0 Å². The van der Waals surface area contributed by atoms with Gasteiger partial charge in [-0.2, -0.15) is 0 Å². The minimum absolute atomic E-state index is 0.0116. The van der Waals surface area contributed by atoms with Gasteiger partial charge >= 0.3 is 11.9 Å². The number of hydrogen-bond acceptors (Lipinski definition) is 14. The van der Waals surface area contributed by atoms with Crippen LogP contribution in [0.1, 0.15) is 105 Å². The topological polar surface area (TPSA) is 138 Å². The van der Waals surface area contributed by atoms with Crippen molar-refractivity contribution in [2.24, 2.45) is 10.8 Å². The predicted molar refractivity (Wildman–Crippen MR) is 283 cm³/mol. The minimum atomic E-state index is -0.498. The van der Waals surface area contributed by atoms with E-state index >= 15 is 0 Å². The molecule has 8 rings (SSSR count). The van der Waals surface area contributed by atoms with Crippen molar-refractivity contribution in [3.05, 3.63) is 126 Å². The van der Waals surface area contributed by atoms with Crippen LogP contribution in [0.2, 0.25) is 0 Å². The smallest absolute Gasteiger partial charge is 0.343 e. The van der Waals surface area contributed by atoms with Crippen LogP contribution in [0.25, 0.3) is 11.1 Å². The molecule has 0 spiro atoms. The number of benzene rings is 5. The molecule has 3 heterocycles. The van der Waals surface area contributed by atoms with E-state index in [0.29, 0.717) is 67.2 Å². The van der Waals surface area contributed by atoms with Gasteiger partial charge in [-0.25, -0.2) is 9.59 Å². The van der Waals surface area contributed by atoms with Crippen molar-refractivity contribution >= 4 is 29.4 Å². The molecule has 3 aliphatic rings. The molecule has 2 fully saturated rings. The fraction of sp³-hybridized carbons (Fsp3) is 0.458. The van der Waals surface area contributed by atoms with Gasteiger partial charge in [0.05, 0.1) is 82.9 Å². The highest BCUT2D eigenvalue weighted by Crippen LogP contribution is 2.41. The van der Waals surface area contributed by atoms with Crippen LogP contribution in [0.3, 0.4) is 0 Å². The summed E-state index contributed by atoms with van der Waals surface area (Å²) in [5.74, 6) is 1.95. The van der Waals surface area contributed by atoms with Crippen molar-refractivity contribution in [3.63, 3.8) is 0 Å². The van der Waals surface area contributed by atoms with Crippen molar-refractivity contribution in [3.8, 4) is 39.9 Å². The molecule has 2 saturated heterocycles. The summed E-state index contributed by atoms with van der Waals surface area (Å²) in [6, 6.07) is 33.6. The highest BCUT2D eigenvalue weighted by molar-refractivity contribution is 8.00. The van der Waals surface area contributed by atoms with Gasteiger partial charge in [-0.1, -0.05) is 57.7 Å². The summed E-state index contributed by atoms with van der Waals surface area (Å²) in [6.07, 6.45) is 6.43. The van der Waals surface area contributed by atoms with E-state index in [9.17, 15) is 9.59 Å². The first-order valence-electron chi connectivity index (χ1n) is 25.8. The number of carbonyl (C=O) groups excluding carboxylic acids is 2. The third kappa shape index (κ3) is 16.2. The zero-order valence-electron chi connectivity index (χ0n) is 42.8. The first kappa shape index (κ1) is 53.7. The second-order valence-corrected chi connectivity index (χ2v) is 21.2. The summed E-state index contributed by atoms with van der Waals surface area (Å²) >= 11 is 1.71. The lowest BCUT2D eigenvalue weighted by Crippen LogP contribution is -2.43. The van der Waals surface area contributed by atoms with Crippen LogP contribution in [0.5, 0.6) is 28.7 Å². The number of ether oxygens (including phenoxy) is 10. The molecule has 3 aliphatic heterocycles. The zero-order valence-corrected chi connectivity index (χ0v) is 43.6. The van der Waals surface area contributed by atoms with Gasteiger partial charge in [-0.05, 0) is 153 Å². The number of carbonyl (C=O) groups is 2. The molecule has 390 valence electrons. The summed E-state index contributed by atoms with van der Waals surface area (Å²) < 4.78 is 57.7. The van der Waals surface area contributed by atoms with Crippen molar-refractivity contribution < 1.29 is 57.0 Å². The number of fused-ring (bicyclic) bond motifs is 1. The lowest BCUT2D eigenvalue weighted by atomic mass is 9.90. The van der Waals surface area contributed by atoms with Gasteiger partial charge < -0.3 is 52.7 Å². The second-order valence-electron chi connectivity index (χ2n) is 20.1. The molecule has 0 aliphatic carbocycles. The number of hydrogen-bond donors (Lipinski definition) is 1. The van der Waals surface area contributed by atoms with E-state index in [0.717, 1.165) is 119 Å². The molecule has 1 atom stereocenters. The van der Waals surface area contributed by atoms with Crippen LogP contribution >= 0.6 is 11.8 Å². The van der Waals surface area contributed by atoms with Crippen LogP contribution in [0, 0.1) is 10.8 Å². The Balaban J connectivity index is 0.678. The molecule has 13 nitrogen and oxygen atoms in total. The SMILES string of the molecule is CC(C)c1cc(OC(=O)c2ccc(OCCCCOCC3(C)COC3)cc2)ccc1OC(=O)c1ccc(OCCCCCOc2ccc(-c3ccc4c(c3)NC(OCCCCOCC3(C)COC3)S4)cc2)cc1. The number of anilines is 1. The van der Waals surface area contributed by atoms with E-state index in [1.54, 1.807) is 78.5 Å². The Morgan fingerprint density at radius 2 is 1.04 bits per heavy atom. The lowest BCUT2D eigenvalue weighted by Gasteiger charge is -2.37. The highest BCUT2D eigenvalue weighted by atomic mass is 32.2. The molecule has 0 bridgehead atoms. The first-order chi connectivity index (χ1) is 35.5. The Morgan fingerprint density at radius 3 is 1.58 bits per heavy atom. The fourth-order valence-corrected chi connectivity index (χ4v) is 9.28. The van der Waals surface area contributed by atoms with Gasteiger partial charge in [0, 0.05) is 34.5 Å². The van der Waals surface area contributed by atoms with Gasteiger partial charge in [0.25, 0.3) is 0 Å². The van der Waals surface area contributed by atoms with Crippen molar-refractivity contribution in [1.29, 1.82) is 0 Å². The maximum Gasteiger partial charge on any atom is 0.343 e. The summed E-state index contributed by atoms with van der Waals surface area (Å²) in [4.78, 5) is 27.5. The number of thioether (sulfide) groups is 1. The monoisotopic (exact) mass is 1020 g/mol. The van der Waals surface area contributed by atoms with Gasteiger partial charge in [0.1, 0.15) is 28.7 Å². The molecule has 73 heavy (non-hydrogen) atoms. The van der Waals surface area contributed by atoms with E-state index < -0.39 is 11.9 Å². The van der Waals surface area contributed by atoms with Crippen LogP contribution in [-0.4, -0.2) is 96.8 Å². The quantitative estimate of drug-likeness (QED) is 0.0265. The molecule has 5 aromatic carbocycles. The van der Waals surface area contributed by atoms with Crippen LogP contribution < -0.4 is 29.0 Å². The Morgan fingerprint density at radius 1 is 0.562 bits per heavy atom. The molecule has 0 saturated carbocycles. The van der Waals surface area contributed by atoms with E-state index in [4.69, 9.17) is 47.4 Å². The largest absolute Gasteiger partial charge is 0.494 e. The van der Waals surface area contributed by atoms with Crippen LogP contribution in [0.15, 0.2) is 114 Å². The molecule has 1 unspecified atom stereocenters.